The Morgan fingerprint density at radius 2 is 1.92 bits per heavy atom. The number of carbonyl (C=O) groups excluding carboxylic acids is 1. The number of benzene rings is 1. The maximum atomic E-state index is 12.5. The van der Waals surface area contributed by atoms with E-state index >= 15 is 0 Å². The fourth-order valence-corrected chi connectivity index (χ4v) is 2.89. The molecule has 0 bridgehead atoms. The first-order valence-corrected chi connectivity index (χ1v) is 8.72. The number of rotatable bonds is 5. The third kappa shape index (κ3) is 4.54. The Morgan fingerprint density at radius 3 is 2.56 bits per heavy atom. The molecular weight excluding hydrogens is 316 g/mol. The van der Waals surface area contributed by atoms with E-state index in [0.29, 0.717) is 12.4 Å². The molecule has 1 aliphatic heterocycles. The van der Waals surface area contributed by atoms with Gasteiger partial charge in [-0.05, 0) is 18.1 Å². The van der Waals surface area contributed by atoms with Gasteiger partial charge in [0, 0.05) is 38.7 Å². The van der Waals surface area contributed by atoms with Gasteiger partial charge in [-0.1, -0.05) is 42.4 Å². The van der Waals surface area contributed by atoms with Gasteiger partial charge in [0.15, 0.2) is 5.82 Å². The molecule has 132 valence electrons. The summed E-state index contributed by atoms with van der Waals surface area (Å²) in [7, 11) is 0. The van der Waals surface area contributed by atoms with Crippen molar-refractivity contribution in [3.05, 3.63) is 53.7 Å². The molecule has 1 aliphatic rings. The zero-order valence-electron chi connectivity index (χ0n) is 14.8. The van der Waals surface area contributed by atoms with Crippen LogP contribution in [0.5, 0.6) is 0 Å². The molecule has 2 heterocycles. The van der Waals surface area contributed by atoms with E-state index in [1.807, 2.05) is 49.1 Å². The van der Waals surface area contributed by atoms with Crippen molar-refractivity contribution < 1.29 is 9.32 Å². The molecule has 0 spiro atoms. The molecule has 1 fully saturated rings. The average Bonchev–Trinajstić information content (AvgIpc) is 3.10. The molecule has 3 rings (SSSR count). The van der Waals surface area contributed by atoms with E-state index in [2.05, 4.69) is 15.0 Å². The molecule has 0 saturated carbocycles. The van der Waals surface area contributed by atoms with Gasteiger partial charge in [-0.25, -0.2) is 0 Å². The molecule has 0 radical (unpaired) electrons. The SMILES string of the molecule is CCc1nc(CN2CCN(C(=O)/C=C(\C)c3ccccc3)CC2)no1. The highest BCUT2D eigenvalue weighted by Crippen LogP contribution is 2.14. The van der Waals surface area contributed by atoms with Gasteiger partial charge in [-0.15, -0.1) is 0 Å². The number of carbonyl (C=O) groups is 1. The lowest BCUT2D eigenvalue weighted by Gasteiger charge is -2.33. The molecule has 1 saturated heterocycles. The van der Waals surface area contributed by atoms with Crippen LogP contribution in [-0.2, 0) is 17.8 Å². The standard InChI is InChI=1S/C19H24N4O2/c1-3-18-20-17(21-25-18)14-22-9-11-23(12-10-22)19(24)13-15(2)16-7-5-4-6-8-16/h4-8,13H,3,9-12,14H2,1-2H3/b15-13+. The van der Waals surface area contributed by atoms with Crippen LogP contribution in [0.2, 0.25) is 0 Å². The van der Waals surface area contributed by atoms with Gasteiger partial charge in [0.05, 0.1) is 6.54 Å². The Labute approximate surface area is 148 Å². The van der Waals surface area contributed by atoms with Gasteiger partial charge < -0.3 is 9.42 Å². The number of hydrogen-bond donors (Lipinski definition) is 0. The first-order chi connectivity index (χ1) is 12.2. The van der Waals surface area contributed by atoms with E-state index in [4.69, 9.17) is 4.52 Å². The van der Waals surface area contributed by atoms with Crippen molar-refractivity contribution in [1.29, 1.82) is 0 Å². The summed E-state index contributed by atoms with van der Waals surface area (Å²) in [6.07, 6.45) is 2.49. The molecule has 6 nitrogen and oxygen atoms in total. The van der Waals surface area contributed by atoms with Crippen LogP contribution in [0, 0.1) is 0 Å². The first-order valence-electron chi connectivity index (χ1n) is 8.72. The number of nitrogens with zero attached hydrogens (tertiary/aromatic N) is 4. The van der Waals surface area contributed by atoms with Crippen LogP contribution in [0.15, 0.2) is 40.9 Å². The van der Waals surface area contributed by atoms with Gasteiger partial charge in [0.1, 0.15) is 0 Å². The third-order valence-electron chi connectivity index (χ3n) is 4.43. The smallest absolute Gasteiger partial charge is 0.246 e. The lowest BCUT2D eigenvalue weighted by Crippen LogP contribution is -2.48. The van der Waals surface area contributed by atoms with Crippen molar-refractivity contribution in [2.75, 3.05) is 26.2 Å². The second-order valence-corrected chi connectivity index (χ2v) is 6.25. The highest BCUT2D eigenvalue weighted by molar-refractivity contribution is 5.94. The minimum atomic E-state index is 0.0776. The molecule has 0 aliphatic carbocycles. The zero-order chi connectivity index (χ0) is 17.6. The van der Waals surface area contributed by atoms with Gasteiger partial charge in [0.25, 0.3) is 0 Å². The van der Waals surface area contributed by atoms with E-state index in [9.17, 15) is 4.79 Å². The number of hydrogen-bond acceptors (Lipinski definition) is 5. The lowest BCUT2D eigenvalue weighted by atomic mass is 10.1. The molecular formula is C19H24N4O2. The third-order valence-corrected chi connectivity index (χ3v) is 4.43. The highest BCUT2D eigenvalue weighted by Gasteiger charge is 2.21. The number of piperazine rings is 1. The maximum absolute atomic E-state index is 12.5. The van der Waals surface area contributed by atoms with E-state index in [-0.39, 0.29) is 5.91 Å². The molecule has 1 aromatic heterocycles. The summed E-state index contributed by atoms with van der Waals surface area (Å²) >= 11 is 0. The van der Waals surface area contributed by atoms with Crippen molar-refractivity contribution >= 4 is 11.5 Å². The Balaban J connectivity index is 1.52. The van der Waals surface area contributed by atoms with Crippen LogP contribution in [0.1, 0.15) is 31.1 Å². The van der Waals surface area contributed by atoms with E-state index < -0.39 is 0 Å². The summed E-state index contributed by atoms with van der Waals surface area (Å²) in [5, 5.41) is 3.99. The van der Waals surface area contributed by atoms with Gasteiger partial charge in [-0.2, -0.15) is 4.98 Å². The maximum Gasteiger partial charge on any atom is 0.246 e. The van der Waals surface area contributed by atoms with Crippen molar-refractivity contribution in [3.63, 3.8) is 0 Å². The largest absolute Gasteiger partial charge is 0.339 e. The number of aromatic nitrogens is 2. The topological polar surface area (TPSA) is 62.5 Å². The number of amides is 1. The minimum Gasteiger partial charge on any atom is -0.339 e. The molecule has 1 aromatic carbocycles. The Kier molecular flexibility index (Phi) is 5.60. The molecule has 1 amide bonds. The van der Waals surface area contributed by atoms with Crippen molar-refractivity contribution in [3.8, 4) is 0 Å². The summed E-state index contributed by atoms with van der Waals surface area (Å²) in [6, 6.07) is 9.99. The van der Waals surface area contributed by atoms with Crippen molar-refractivity contribution in [1.82, 2.24) is 19.9 Å². The van der Waals surface area contributed by atoms with Crippen LogP contribution in [0.4, 0.5) is 0 Å². The van der Waals surface area contributed by atoms with Crippen molar-refractivity contribution in [2.45, 2.75) is 26.8 Å². The predicted molar refractivity (Wildman–Crippen MR) is 95.6 cm³/mol. The molecule has 6 heteroatoms. The summed E-state index contributed by atoms with van der Waals surface area (Å²) in [6.45, 7) is 7.72. The summed E-state index contributed by atoms with van der Waals surface area (Å²) in [4.78, 5) is 21.0. The number of aryl methyl sites for hydroxylation is 1. The van der Waals surface area contributed by atoms with Crippen LogP contribution in [0.3, 0.4) is 0 Å². The summed E-state index contributed by atoms with van der Waals surface area (Å²) in [5.41, 5.74) is 2.07. The van der Waals surface area contributed by atoms with Crippen LogP contribution >= 0.6 is 0 Å². The summed E-state index contributed by atoms with van der Waals surface area (Å²) in [5.74, 6) is 1.47. The Bertz CT molecular complexity index is 731. The predicted octanol–water partition coefficient (Wildman–Crippen LogP) is 2.38. The molecule has 0 unspecified atom stereocenters. The van der Waals surface area contributed by atoms with Gasteiger partial charge in [-0.3, -0.25) is 9.69 Å². The highest BCUT2D eigenvalue weighted by atomic mass is 16.5. The average molecular weight is 340 g/mol. The lowest BCUT2D eigenvalue weighted by molar-refractivity contribution is -0.127. The zero-order valence-corrected chi connectivity index (χ0v) is 14.8. The fourth-order valence-electron chi connectivity index (χ4n) is 2.89. The van der Waals surface area contributed by atoms with Crippen LogP contribution in [-0.4, -0.2) is 52.0 Å². The second kappa shape index (κ2) is 8.07. The van der Waals surface area contributed by atoms with Gasteiger partial charge in [0.2, 0.25) is 11.8 Å². The molecule has 0 N–H and O–H groups in total. The Morgan fingerprint density at radius 1 is 1.20 bits per heavy atom. The second-order valence-electron chi connectivity index (χ2n) is 6.25. The van der Waals surface area contributed by atoms with Crippen LogP contribution < -0.4 is 0 Å². The normalized spacial score (nSPS) is 16.2. The van der Waals surface area contributed by atoms with Gasteiger partial charge >= 0.3 is 0 Å². The summed E-state index contributed by atoms with van der Waals surface area (Å²) < 4.78 is 5.14. The van der Waals surface area contributed by atoms with E-state index in [0.717, 1.165) is 49.6 Å². The Hall–Kier alpha value is -2.47. The number of allylic oxidation sites excluding steroid dienone is 1. The van der Waals surface area contributed by atoms with E-state index in [1.54, 1.807) is 6.08 Å². The monoisotopic (exact) mass is 340 g/mol. The molecule has 25 heavy (non-hydrogen) atoms. The minimum absolute atomic E-state index is 0.0776. The molecule has 2 aromatic rings. The molecule has 0 atom stereocenters. The van der Waals surface area contributed by atoms with E-state index in [1.165, 1.54) is 0 Å². The van der Waals surface area contributed by atoms with Crippen molar-refractivity contribution in [2.24, 2.45) is 0 Å². The van der Waals surface area contributed by atoms with Crippen LogP contribution in [0.25, 0.3) is 5.57 Å². The quantitative estimate of drug-likeness (QED) is 0.782. The first kappa shape index (κ1) is 17.4. The fraction of sp³-hybridized carbons (Fsp3) is 0.421.